The molecule has 0 fully saturated rings. The van der Waals surface area contributed by atoms with Crippen LogP contribution in [0, 0.1) is 0 Å². The van der Waals surface area contributed by atoms with E-state index >= 15 is 0 Å². The number of nitrogens with one attached hydrogen (secondary N) is 1. The van der Waals surface area contributed by atoms with E-state index in [0.29, 0.717) is 11.5 Å². The highest BCUT2D eigenvalue weighted by Crippen LogP contribution is 2.28. The number of hydrogen-bond donors (Lipinski definition) is 1. The molecular weight excluding hydrogens is 406 g/mol. The van der Waals surface area contributed by atoms with Gasteiger partial charge in [-0.1, -0.05) is 36.9 Å². The first-order valence-electron chi connectivity index (χ1n) is 8.87. The Hall–Kier alpha value is -3.52. The van der Waals surface area contributed by atoms with Gasteiger partial charge in [-0.25, -0.2) is 13.2 Å². The number of methoxy groups -OCH3 is 2. The van der Waals surface area contributed by atoms with Gasteiger partial charge in [0.05, 0.1) is 19.8 Å². The molecule has 7 nitrogen and oxygen atoms in total. The second-order valence-electron chi connectivity index (χ2n) is 5.87. The van der Waals surface area contributed by atoms with E-state index < -0.39 is 16.0 Å². The summed E-state index contributed by atoms with van der Waals surface area (Å²) in [7, 11) is -1.24. The van der Waals surface area contributed by atoms with Gasteiger partial charge >= 0.3 is 5.97 Å². The van der Waals surface area contributed by atoms with E-state index in [1.165, 1.54) is 44.6 Å². The number of esters is 1. The van der Waals surface area contributed by atoms with Crippen molar-refractivity contribution in [2.24, 2.45) is 0 Å². The van der Waals surface area contributed by atoms with Gasteiger partial charge in [-0.15, -0.1) is 0 Å². The number of allylic oxidation sites excluding steroid dienone is 2. The van der Waals surface area contributed by atoms with Gasteiger partial charge in [0.1, 0.15) is 22.1 Å². The van der Waals surface area contributed by atoms with Gasteiger partial charge in [0.15, 0.2) is 0 Å². The molecule has 0 aliphatic carbocycles. The van der Waals surface area contributed by atoms with Crippen molar-refractivity contribution in [1.82, 2.24) is 4.72 Å². The van der Waals surface area contributed by atoms with Crippen LogP contribution in [0.25, 0.3) is 0 Å². The van der Waals surface area contributed by atoms with Crippen molar-refractivity contribution in [3.63, 3.8) is 0 Å². The van der Waals surface area contributed by atoms with Crippen LogP contribution in [0.15, 0.2) is 89.5 Å². The Morgan fingerprint density at radius 1 is 1.03 bits per heavy atom. The Labute approximate surface area is 176 Å². The van der Waals surface area contributed by atoms with E-state index in [9.17, 15) is 13.2 Å². The Morgan fingerprint density at radius 2 is 1.73 bits per heavy atom. The molecule has 0 bridgehead atoms. The summed E-state index contributed by atoms with van der Waals surface area (Å²) in [6.45, 7) is 5.23. The van der Waals surface area contributed by atoms with Crippen LogP contribution < -0.4 is 18.9 Å². The maximum Gasteiger partial charge on any atom is 0.343 e. The normalized spacial score (nSPS) is 12.1. The van der Waals surface area contributed by atoms with E-state index in [-0.39, 0.29) is 21.9 Å². The van der Waals surface area contributed by atoms with Gasteiger partial charge < -0.3 is 14.2 Å². The highest BCUT2D eigenvalue weighted by atomic mass is 32.2. The lowest BCUT2D eigenvalue weighted by Crippen LogP contribution is -2.23. The van der Waals surface area contributed by atoms with Crippen molar-refractivity contribution in [1.29, 1.82) is 0 Å². The lowest BCUT2D eigenvalue weighted by Gasteiger charge is -2.14. The molecule has 0 unspecified atom stereocenters. The second-order valence-corrected chi connectivity index (χ2v) is 7.52. The summed E-state index contributed by atoms with van der Waals surface area (Å²) in [4.78, 5) is 12.3. The minimum Gasteiger partial charge on any atom is -0.497 e. The first kappa shape index (κ1) is 22.8. The van der Waals surface area contributed by atoms with Crippen molar-refractivity contribution < 1.29 is 27.4 Å². The quantitative estimate of drug-likeness (QED) is 0.283. The van der Waals surface area contributed by atoms with Gasteiger partial charge in [0.2, 0.25) is 0 Å². The smallest absolute Gasteiger partial charge is 0.343 e. The van der Waals surface area contributed by atoms with Crippen LogP contribution >= 0.6 is 0 Å². The average molecular weight is 429 g/mol. The number of rotatable bonds is 9. The number of para-hydroxylation sites is 1. The molecule has 0 saturated carbocycles. The molecule has 2 aromatic carbocycles. The topological polar surface area (TPSA) is 90.9 Å². The Kier molecular flexibility index (Phi) is 7.83. The summed E-state index contributed by atoms with van der Waals surface area (Å²) >= 11 is 0. The summed E-state index contributed by atoms with van der Waals surface area (Å²) in [6.07, 6.45) is 4.13. The number of carbonyl (C=O) groups is 1. The molecule has 0 spiro atoms. The summed E-state index contributed by atoms with van der Waals surface area (Å²) < 4.78 is 43.8. The third-order valence-electron chi connectivity index (χ3n) is 3.94. The molecule has 2 aromatic rings. The van der Waals surface area contributed by atoms with Gasteiger partial charge in [-0.3, -0.25) is 4.72 Å². The molecule has 0 amide bonds. The molecule has 0 aliphatic rings. The van der Waals surface area contributed by atoms with E-state index in [1.54, 1.807) is 43.3 Å². The van der Waals surface area contributed by atoms with Crippen LogP contribution in [0.4, 0.5) is 0 Å². The van der Waals surface area contributed by atoms with Gasteiger partial charge in [0, 0.05) is 11.8 Å². The van der Waals surface area contributed by atoms with Crippen molar-refractivity contribution in [2.75, 3.05) is 14.2 Å². The summed E-state index contributed by atoms with van der Waals surface area (Å²) in [5.74, 6) is 0.190. The molecule has 0 radical (unpaired) electrons. The second kappa shape index (κ2) is 10.3. The van der Waals surface area contributed by atoms with Crippen LogP contribution in [0.2, 0.25) is 0 Å². The zero-order valence-electron chi connectivity index (χ0n) is 16.9. The van der Waals surface area contributed by atoms with Gasteiger partial charge in [-0.2, -0.15) is 0 Å². The molecule has 0 heterocycles. The monoisotopic (exact) mass is 429 g/mol. The van der Waals surface area contributed by atoms with E-state index in [4.69, 9.17) is 14.2 Å². The summed E-state index contributed by atoms with van der Waals surface area (Å²) in [6, 6.07) is 12.9. The first-order valence-corrected chi connectivity index (χ1v) is 10.4. The first-order chi connectivity index (χ1) is 14.3. The molecule has 0 aromatic heterocycles. The number of carbonyl (C=O) groups excluding carboxylic acids is 1. The molecule has 0 saturated heterocycles. The zero-order valence-corrected chi connectivity index (χ0v) is 17.7. The predicted octanol–water partition coefficient (Wildman–Crippen LogP) is 3.60. The molecule has 0 atom stereocenters. The number of ether oxygens (including phenoxy) is 3. The van der Waals surface area contributed by atoms with Crippen LogP contribution in [0.1, 0.15) is 6.92 Å². The average Bonchev–Trinajstić information content (AvgIpc) is 2.76. The standard InChI is InChI=1S/C22H23NO6S/c1-5-16(22(24)29-18-10-8-7-9-11-18)14-17(6-2)23-30(25,26)21-15-19(27-3)12-13-20(21)28-4/h5-15,23H,1H2,2-4H3/b16-14+,17-6+. The maximum atomic E-state index is 12.9. The lowest BCUT2D eigenvalue weighted by atomic mass is 10.2. The highest BCUT2D eigenvalue weighted by Gasteiger charge is 2.21. The van der Waals surface area contributed by atoms with Crippen LogP contribution in [0.3, 0.4) is 0 Å². The number of hydrogen-bond acceptors (Lipinski definition) is 6. The summed E-state index contributed by atoms with van der Waals surface area (Å²) in [5, 5.41) is 0. The Morgan fingerprint density at radius 3 is 2.30 bits per heavy atom. The SMILES string of the molecule is C=C/C(=C\C(=C/C)NS(=O)(=O)c1cc(OC)ccc1OC)C(=O)Oc1ccccc1. The van der Waals surface area contributed by atoms with Crippen LogP contribution in [0.5, 0.6) is 17.2 Å². The van der Waals surface area contributed by atoms with E-state index in [0.717, 1.165) is 0 Å². The fourth-order valence-corrected chi connectivity index (χ4v) is 3.68. The molecule has 0 aliphatic heterocycles. The molecule has 1 N–H and O–H groups in total. The molecular formula is C22H23NO6S. The van der Waals surface area contributed by atoms with E-state index in [1.807, 2.05) is 0 Å². The van der Waals surface area contributed by atoms with Gasteiger partial charge in [-0.05, 0) is 37.3 Å². The van der Waals surface area contributed by atoms with Crippen LogP contribution in [-0.4, -0.2) is 28.6 Å². The number of benzene rings is 2. The Bertz CT molecular complexity index is 1070. The minimum absolute atomic E-state index is 0.0762. The van der Waals surface area contributed by atoms with Crippen molar-refractivity contribution in [2.45, 2.75) is 11.8 Å². The zero-order chi connectivity index (χ0) is 22.1. The number of sulfonamides is 1. The fourth-order valence-electron chi connectivity index (χ4n) is 2.40. The molecule has 30 heavy (non-hydrogen) atoms. The fraction of sp³-hybridized carbons (Fsp3) is 0.136. The maximum absolute atomic E-state index is 12.9. The van der Waals surface area contributed by atoms with Crippen LogP contribution in [-0.2, 0) is 14.8 Å². The third-order valence-corrected chi connectivity index (χ3v) is 5.35. The molecule has 2 rings (SSSR count). The van der Waals surface area contributed by atoms with Crippen molar-refractivity contribution in [3.05, 3.63) is 84.6 Å². The summed E-state index contributed by atoms with van der Waals surface area (Å²) in [5.41, 5.74) is 0.229. The Balaban J connectivity index is 2.31. The predicted molar refractivity (Wildman–Crippen MR) is 114 cm³/mol. The van der Waals surface area contributed by atoms with E-state index in [2.05, 4.69) is 11.3 Å². The van der Waals surface area contributed by atoms with Gasteiger partial charge in [0.25, 0.3) is 10.0 Å². The minimum atomic E-state index is -4.04. The molecule has 8 heteroatoms. The largest absolute Gasteiger partial charge is 0.497 e. The third kappa shape index (κ3) is 5.74. The van der Waals surface area contributed by atoms with Crippen molar-refractivity contribution >= 4 is 16.0 Å². The lowest BCUT2D eigenvalue weighted by molar-refractivity contribution is -0.129. The van der Waals surface area contributed by atoms with Crippen molar-refractivity contribution in [3.8, 4) is 17.2 Å². The molecule has 158 valence electrons. The highest BCUT2D eigenvalue weighted by molar-refractivity contribution is 7.89.